The second kappa shape index (κ2) is 3.61. The van der Waals surface area contributed by atoms with E-state index in [4.69, 9.17) is 5.11 Å². The van der Waals surface area contributed by atoms with Crippen LogP contribution in [0, 0.1) is 0 Å². The zero-order chi connectivity index (χ0) is 10.8. The Morgan fingerprint density at radius 3 is 2.47 bits per heavy atom. The molecule has 0 bridgehead atoms. The number of carbonyl (C=O) groups is 1. The Balaban J connectivity index is 2.62. The van der Waals surface area contributed by atoms with Crippen LogP contribution in [0.25, 0.3) is 11.3 Å². The molecule has 0 atom stereocenters. The third-order valence-corrected chi connectivity index (χ3v) is 2.35. The van der Waals surface area contributed by atoms with Crippen LogP contribution in [-0.2, 0) is 7.05 Å². The average Bonchev–Trinajstić information content (AvgIpc) is 2.61. The van der Waals surface area contributed by atoms with Crippen molar-refractivity contribution >= 4 is 5.97 Å². The predicted molar refractivity (Wildman–Crippen MR) is 57.8 cm³/mol. The zero-order valence-corrected chi connectivity index (χ0v) is 8.34. The zero-order valence-electron chi connectivity index (χ0n) is 8.34. The van der Waals surface area contributed by atoms with Crippen LogP contribution in [0.1, 0.15) is 10.4 Å². The van der Waals surface area contributed by atoms with Crippen LogP contribution in [-0.4, -0.2) is 15.6 Å². The molecule has 0 saturated carbocycles. The summed E-state index contributed by atoms with van der Waals surface area (Å²) in [5, 5.41) is 9.03. The SMILES string of the molecule is Cn1ccc(C(=O)O)c1-c1ccccc1. The van der Waals surface area contributed by atoms with Gasteiger partial charge in [0.15, 0.2) is 0 Å². The molecule has 0 spiro atoms. The minimum Gasteiger partial charge on any atom is -0.478 e. The van der Waals surface area contributed by atoms with Crippen molar-refractivity contribution in [1.82, 2.24) is 4.57 Å². The van der Waals surface area contributed by atoms with E-state index in [1.165, 1.54) is 0 Å². The van der Waals surface area contributed by atoms with Gasteiger partial charge in [-0.3, -0.25) is 0 Å². The summed E-state index contributed by atoms with van der Waals surface area (Å²) in [6, 6.07) is 11.1. The van der Waals surface area contributed by atoms with Crippen molar-refractivity contribution in [2.75, 3.05) is 0 Å². The minimum absolute atomic E-state index is 0.337. The molecule has 3 heteroatoms. The molecule has 1 aromatic carbocycles. The summed E-state index contributed by atoms with van der Waals surface area (Å²) < 4.78 is 1.82. The molecular formula is C12H11NO2. The van der Waals surface area contributed by atoms with Gasteiger partial charge in [0, 0.05) is 13.2 Å². The lowest BCUT2D eigenvalue weighted by Crippen LogP contribution is -1.99. The molecular weight excluding hydrogens is 190 g/mol. The Kier molecular flexibility index (Phi) is 2.29. The highest BCUT2D eigenvalue weighted by atomic mass is 16.4. The van der Waals surface area contributed by atoms with Crippen LogP contribution in [0.15, 0.2) is 42.6 Å². The molecule has 3 nitrogen and oxygen atoms in total. The summed E-state index contributed by atoms with van der Waals surface area (Å²) >= 11 is 0. The first kappa shape index (κ1) is 9.52. The van der Waals surface area contributed by atoms with Crippen molar-refractivity contribution in [3.8, 4) is 11.3 Å². The lowest BCUT2D eigenvalue weighted by Gasteiger charge is -2.04. The van der Waals surface area contributed by atoms with Crippen molar-refractivity contribution in [2.24, 2.45) is 7.05 Å². The van der Waals surface area contributed by atoms with Crippen LogP contribution < -0.4 is 0 Å². The molecule has 2 rings (SSSR count). The smallest absolute Gasteiger partial charge is 0.337 e. The quantitative estimate of drug-likeness (QED) is 0.810. The topological polar surface area (TPSA) is 42.2 Å². The van der Waals surface area contributed by atoms with Gasteiger partial charge in [0.2, 0.25) is 0 Å². The van der Waals surface area contributed by atoms with Gasteiger partial charge in [0.25, 0.3) is 0 Å². The predicted octanol–water partition coefficient (Wildman–Crippen LogP) is 2.39. The number of carboxylic acid groups (broad SMARTS) is 1. The summed E-state index contributed by atoms with van der Waals surface area (Å²) in [4.78, 5) is 11.0. The number of nitrogens with zero attached hydrogens (tertiary/aromatic N) is 1. The first-order valence-electron chi connectivity index (χ1n) is 4.64. The molecule has 0 saturated heterocycles. The highest BCUT2D eigenvalue weighted by molar-refractivity contribution is 5.95. The Bertz CT molecular complexity index is 486. The molecule has 1 heterocycles. The van der Waals surface area contributed by atoms with Crippen LogP contribution in [0.4, 0.5) is 0 Å². The highest BCUT2D eigenvalue weighted by Crippen LogP contribution is 2.23. The lowest BCUT2D eigenvalue weighted by atomic mass is 10.1. The van der Waals surface area contributed by atoms with Gasteiger partial charge in [0.1, 0.15) is 0 Å². The van der Waals surface area contributed by atoms with Crippen LogP contribution in [0.2, 0.25) is 0 Å². The fraction of sp³-hybridized carbons (Fsp3) is 0.0833. The van der Waals surface area contributed by atoms with E-state index >= 15 is 0 Å². The summed E-state index contributed by atoms with van der Waals surface area (Å²) in [6.07, 6.45) is 1.76. The van der Waals surface area contributed by atoms with Crippen LogP contribution >= 0.6 is 0 Å². The molecule has 1 aromatic heterocycles. The number of aromatic carboxylic acids is 1. The van der Waals surface area contributed by atoms with Gasteiger partial charge in [-0.2, -0.15) is 0 Å². The van der Waals surface area contributed by atoms with Gasteiger partial charge in [-0.1, -0.05) is 30.3 Å². The number of benzene rings is 1. The van der Waals surface area contributed by atoms with E-state index in [1.54, 1.807) is 12.3 Å². The average molecular weight is 201 g/mol. The Labute approximate surface area is 87.6 Å². The van der Waals surface area contributed by atoms with Crippen molar-refractivity contribution in [2.45, 2.75) is 0 Å². The summed E-state index contributed by atoms with van der Waals surface area (Å²) in [6.45, 7) is 0. The van der Waals surface area contributed by atoms with E-state index in [-0.39, 0.29) is 0 Å². The molecule has 76 valence electrons. The maximum Gasteiger partial charge on any atom is 0.337 e. The van der Waals surface area contributed by atoms with Crippen LogP contribution in [0.5, 0.6) is 0 Å². The van der Waals surface area contributed by atoms with Crippen molar-refractivity contribution in [3.05, 3.63) is 48.2 Å². The monoisotopic (exact) mass is 201 g/mol. The van der Waals surface area contributed by atoms with Gasteiger partial charge in [-0.05, 0) is 11.6 Å². The van der Waals surface area contributed by atoms with E-state index in [9.17, 15) is 4.79 Å². The van der Waals surface area contributed by atoms with Crippen molar-refractivity contribution < 1.29 is 9.90 Å². The van der Waals surface area contributed by atoms with E-state index in [2.05, 4.69) is 0 Å². The molecule has 0 aliphatic rings. The number of hydrogen-bond donors (Lipinski definition) is 1. The summed E-state index contributed by atoms with van der Waals surface area (Å²) in [5.74, 6) is -0.894. The Morgan fingerprint density at radius 1 is 1.20 bits per heavy atom. The molecule has 0 radical (unpaired) electrons. The van der Waals surface area contributed by atoms with Gasteiger partial charge in [0.05, 0.1) is 11.3 Å². The van der Waals surface area contributed by atoms with Gasteiger partial charge in [-0.15, -0.1) is 0 Å². The molecule has 0 fully saturated rings. The maximum atomic E-state index is 11.0. The lowest BCUT2D eigenvalue weighted by molar-refractivity contribution is 0.0698. The first-order chi connectivity index (χ1) is 7.20. The third kappa shape index (κ3) is 1.64. The van der Waals surface area contributed by atoms with E-state index < -0.39 is 5.97 Å². The van der Waals surface area contributed by atoms with Crippen molar-refractivity contribution in [1.29, 1.82) is 0 Å². The molecule has 2 aromatic rings. The molecule has 0 aliphatic heterocycles. The second-order valence-corrected chi connectivity index (χ2v) is 3.36. The van der Waals surface area contributed by atoms with Gasteiger partial charge >= 0.3 is 5.97 Å². The largest absolute Gasteiger partial charge is 0.478 e. The minimum atomic E-state index is -0.894. The van der Waals surface area contributed by atoms with Gasteiger partial charge in [-0.25, -0.2) is 4.79 Å². The van der Waals surface area contributed by atoms with Crippen LogP contribution in [0.3, 0.4) is 0 Å². The normalized spacial score (nSPS) is 10.2. The summed E-state index contributed by atoms with van der Waals surface area (Å²) in [7, 11) is 1.84. The third-order valence-electron chi connectivity index (χ3n) is 2.35. The van der Waals surface area contributed by atoms with Gasteiger partial charge < -0.3 is 9.67 Å². The molecule has 0 unspecified atom stereocenters. The Morgan fingerprint density at radius 2 is 1.87 bits per heavy atom. The highest BCUT2D eigenvalue weighted by Gasteiger charge is 2.14. The standard InChI is InChI=1S/C12H11NO2/c1-13-8-7-10(12(14)15)11(13)9-5-3-2-4-6-9/h2-8H,1H3,(H,14,15). The van der Waals surface area contributed by atoms with E-state index in [1.807, 2.05) is 41.9 Å². The number of rotatable bonds is 2. The van der Waals surface area contributed by atoms with Crippen molar-refractivity contribution in [3.63, 3.8) is 0 Å². The number of aryl methyl sites for hydroxylation is 1. The fourth-order valence-electron chi connectivity index (χ4n) is 1.66. The number of hydrogen-bond acceptors (Lipinski definition) is 1. The number of carboxylic acids is 1. The summed E-state index contributed by atoms with van der Waals surface area (Å²) in [5.41, 5.74) is 1.99. The maximum absolute atomic E-state index is 11.0. The molecule has 0 amide bonds. The second-order valence-electron chi connectivity index (χ2n) is 3.36. The van der Waals surface area contributed by atoms with E-state index in [0.29, 0.717) is 5.56 Å². The number of aromatic nitrogens is 1. The van der Waals surface area contributed by atoms with E-state index in [0.717, 1.165) is 11.3 Å². The molecule has 0 aliphatic carbocycles. The Hall–Kier alpha value is -2.03. The fourth-order valence-corrected chi connectivity index (χ4v) is 1.66. The first-order valence-corrected chi connectivity index (χ1v) is 4.64. The molecule has 1 N–H and O–H groups in total. The molecule has 15 heavy (non-hydrogen) atoms.